The first kappa shape index (κ1) is 28.1. The van der Waals surface area contributed by atoms with Crippen molar-refractivity contribution in [1.29, 1.82) is 0 Å². The third-order valence-electron chi connectivity index (χ3n) is 5.71. The Morgan fingerprint density at radius 2 is 1.53 bits per heavy atom. The summed E-state index contributed by atoms with van der Waals surface area (Å²) < 4.78 is 0. The van der Waals surface area contributed by atoms with Crippen molar-refractivity contribution in [3.63, 3.8) is 0 Å². The van der Waals surface area contributed by atoms with Gasteiger partial charge in [0, 0.05) is 34.8 Å². The van der Waals surface area contributed by atoms with Crippen LogP contribution < -0.4 is 5.32 Å². The molecule has 1 unspecified atom stereocenters. The van der Waals surface area contributed by atoms with Crippen molar-refractivity contribution in [3.05, 3.63) is 105 Å². The summed E-state index contributed by atoms with van der Waals surface area (Å²) in [6.07, 6.45) is 0.429. The zero-order valence-corrected chi connectivity index (χ0v) is 23.2. The van der Waals surface area contributed by atoms with Gasteiger partial charge in [0.1, 0.15) is 6.04 Å². The van der Waals surface area contributed by atoms with Crippen molar-refractivity contribution >= 4 is 46.8 Å². The lowest BCUT2D eigenvalue weighted by molar-refractivity contribution is -0.139. The van der Waals surface area contributed by atoms with Gasteiger partial charge in [-0.3, -0.25) is 9.59 Å². The van der Waals surface area contributed by atoms with E-state index in [-0.39, 0.29) is 23.6 Å². The Kier molecular flexibility index (Phi) is 10.7. The van der Waals surface area contributed by atoms with Gasteiger partial charge in [-0.05, 0) is 49.6 Å². The lowest BCUT2D eigenvalue weighted by atomic mass is 10.0. The third-order valence-corrected chi connectivity index (χ3v) is 7.36. The molecular weight excluding hydrogens is 511 g/mol. The molecule has 3 aromatic carbocycles. The molecule has 7 heteroatoms. The molecule has 0 aliphatic rings. The van der Waals surface area contributed by atoms with Crippen molar-refractivity contribution in [3.8, 4) is 0 Å². The van der Waals surface area contributed by atoms with Crippen LogP contribution in [-0.2, 0) is 28.3 Å². The molecule has 4 nitrogen and oxygen atoms in total. The molecule has 0 aliphatic heterocycles. The van der Waals surface area contributed by atoms with E-state index >= 15 is 0 Å². The summed E-state index contributed by atoms with van der Waals surface area (Å²) in [7, 11) is 0. The van der Waals surface area contributed by atoms with Crippen LogP contribution in [0.5, 0.6) is 0 Å². The maximum atomic E-state index is 13.7. The maximum absolute atomic E-state index is 13.7. The standard InChI is InChI=1S/C29H32Cl2N2O2S/c1-20(2)32-29(35)27(16-22-8-5-4-6-9-22)33(17-23-14-12-21(3)13-15-23)28(34)19-36-18-24-25(30)10-7-11-26(24)31/h4-15,20,27H,16-19H2,1-3H3,(H,32,35). The first-order valence-electron chi connectivity index (χ1n) is 11.9. The van der Waals surface area contributed by atoms with Gasteiger partial charge in [-0.15, -0.1) is 11.8 Å². The monoisotopic (exact) mass is 542 g/mol. The highest BCUT2D eigenvalue weighted by atomic mass is 35.5. The van der Waals surface area contributed by atoms with Crippen LogP contribution in [0.15, 0.2) is 72.8 Å². The number of benzene rings is 3. The van der Waals surface area contributed by atoms with Gasteiger partial charge in [-0.25, -0.2) is 0 Å². The molecule has 1 N–H and O–H groups in total. The number of hydrogen-bond acceptors (Lipinski definition) is 3. The van der Waals surface area contributed by atoms with Gasteiger partial charge in [-0.1, -0.05) is 89.4 Å². The Hall–Kier alpha value is -2.47. The molecule has 0 heterocycles. The van der Waals surface area contributed by atoms with Crippen molar-refractivity contribution in [1.82, 2.24) is 10.2 Å². The summed E-state index contributed by atoms with van der Waals surface area (Å²) in [5.74, 6) is 0.440. The van der Waals surface area contributed by atoms with Crippen molar-refractivity contribution in [2.75, 3.05) is 5.75 Å². The fraction of sp³-hybridized carbons (Fsp3) is 0.310. The third kappa shape index (κ3) is 8.29. The highest BCUT2D eigenvalue weighted by Crippen LogP contribution is 2.28. The summed E-state index contributed by atoms with van der Waals surface area (Å²) in [4.78, 5) is 28.7. The predicted octanol–water partition coefficient (Wildman–Crippen LogP) is 6.70. The van der Waals surface area contributed by atoms with Crippen molar-refractivity contribution < 1.29 is 9.59 Å². The molecule has 0 saturated carbocycles. The molecule has 2 amide bonds. The van der Waals surface area contributed by atoms with Crippen LogP contribution in [0.3, 0.4) is 0 Å². The maximum Gasteiger partial charge on any atom is 0.243 e. The molecular formula is C29H32Cl2N2O2S. The number of hydrogen-bond donors (Lipinski definition) is 1. The molecule has 3 aromatic rings. The van der Waals surface area contributed by atoms with Crippen LogP contribution in [0.25, 0.3) is 0 Å². The second-order valence-corrected chi connectivity index (χ2v) is 10.9. The van der Waals surface area contributed by atoms with Crippen LogP contribution >= 0.6 is 35.0 Å². The fourth-order valence-electron chi connectivity index (χ4n) is 3.82. The summed E-state index contributed by atoms with van der Waals surface area (Å²) in [6, 6.07) is 22.6. The smallest absolute Gasteiger partial charge is 0.243 e. The summed E-state index contributed by atoms with van der Waals surface area (Å²) >= 11 is 14.1. The van der Waals surface area contributed by atoms with E-state index in [0.717, 1.165) is 22.3 Å². The molecule has 0 bridgehead atoms. The number of aryl methyl sites for hydroxylation is 1. The van der Waals surface area contributed by atoms with Gasteiger partial charge < -0.3 is 10.2 Å². The molecule has 0 radical (unpaired) electrons. The minimum Gasteiger partial charge on any atom is -0.352 e. The van der Waals surface area contributed by atoms with E-state index < -0.39 is 6.04 Å². The van der Waals surface area contributed by atoms with Crippen LogP contribution in [0.2, 0.25) is 10.0 Å². The van der Waals surface area contributed by atoms with E-state index in [4.69, 9.17) is 23.2 Å². The zero-order valence-electron chi connectivity index (χ0n) is 20.8. The second-order valence-electron chi connectivity index (χ2n) is 9.07. The topological polar surface area (TPSA) is 49.4 Å². The van der Waals surface area contributed by atoms with Gasteiger partial charge in [0.05, 0.1) is 5.75 Å². The fourth-order valence-corrected chi connectivity index (χ4v) is 5.47. The summed E-state index contributed by atoms with van der Waals surface area (Å²) in [5, 5.41) is 4.18. The largest absolute Gasteiger partial charge is 0.352 e. The van der Waals surface area contributed by atoms with Crippen LogP contribution in [0, 0.1) is 6.92 Å². The average Bonchev–Trinajstić information content (AvgIpc) is 2.84. The van der Waals surface area contributed by atoms with Crippen molar-refractivity contribution in [2.45, 2.75) is 51.6 Å². The quantitative estimate of drug-likeness (QED) is 0.293. The highest BCUT2D eigenvalue weighted by molar-refractivity contribution is 7.99. The molecule has 3 rings (SSSR count). The summed E-state index contributed by atoms with van der Waals surface area (Å²) in [5.41, 5.74) is 3.92. The van der Waals surface area contributed by atoms with E-state index in [1.807, 2.05) is 75.4 Å². The van der Waals surface area contributed by atoms with Crippen LogP contribution in [0.1, 0.15) is 36.1 Å². The first-order valence-corrected chi connectivity index (χ1v) is 13.9. The first-order chi connectivity index (χ1) is 17.2. The Balaban J connectivity index is 1.86. The van der Waals surface area contributed by atoms with Crippen LogP contribution in [0.4, 0.5) is 0 Å². The zero-order chi connectivity index (χ0) is 26.1. The number of halogens is 2. The van der Waals surface area contributed by atoms with Gasteiger partial charge in [0.15, 0.2) is 0 Å². The molecule has 1 atom stereocenters. The molecule has 0 aromatic heterocycles. The molecule has 0 saturated heterocycles. The van der Waals surface area contributed by atoms with Gasteiger partial charge in [-0.2, -0.15) is 0 Å². The van der Waals surface area contributed by atoms with Gasteiger partial charge in [0.2, 0.25) is 11.8 Å². The SMILES string of the molecule is Cc1ccc(CN(C(=O)CSCc2c(Cl)cccc2Cl)C(Cc2ccccc2)C(=O)NC(C)C)cc1. The predicted molar refractivity (Wildman–Crippen MR) is 152 cm³/mol. The Bertz CT molecular complexity index is 1130. The number of nitrogens with zero attached hydrogens (tertiary/aromatic N) is 1. The van der Waals surface area contributed by atoms with Gasteiger partial charge >= 0.3 is 0 Å². The molecule has 190 valence electrons. The molecule has 0 aliphatic carbocycles. The number of nitrogens with one attached hydrogen (secondary N) is 1. The number of rotatable bonds is 11. The Morgan fingerprint density at radius 1 is 0.889 bits per heavy atom. The van der Waals surface area contributed by atoms with Crippen molar-refractivity contribution in [2.24, 2.45) is 0 Å². The number of amides is 2. The number of carbonyl (C=O) groups excluding carboxylic acids is 2. The minimum absolute atomic E-state index is 0.0381. The van der Waals surface area contributed by atoms with Gasteiger partial charge in [0.25, 0.3) is 0 Å². The van der Waals surface area contributed by atoms with E-state index in [2.05, 4.69) is 5.32 Å². The lowest BCUT2D eigenvalue weighted by Gasteiger charge is -2.32. The molecule has 0 spiro atoms. The molecule has 0 fully saturated rings. The van der Waals surface area contributed by atoms with E-state index in [1.165, 1.54) is 11.8 Å². The molecule has 36 heavy (non-hydrogen) atoms. The Labute approximate surface area is 228 Å². The second kappa shape index (κ2) is 13.7. The minimum atomic E-state index is -0.645. The van der Waals surface area contributed by atoms with E-state index in [9.17, 15) is 9.59 Å². The normalized spacial score (nSPS) is 11.8. The Morgan fingerprint density at radius 3 is 2.14 bits per heavy atom. The average molecular weight is 544 g/mol. The van der Waals surface area contributed by atoms with Crippen LogP contribution in [-0.4, -0.2) is 34.6 Å². The van der Waals surface area contributed by atoms with E-state index in [0.29, 0.717) is 28.8 Å². The summed E-state index contributed by atoms with van der Waals surface area (Å²) in [6.45, 7) is 6.21. The highest BCUT2D eigenvalue weighted by Gasteiger charge is 2.30. The number of thioether (sulfide) groups is 1. The van der Waals surface area contributed by atoms with E-state index in [1.54, 1.807) is 23.1 Å². The lowest BCUT2D eigenvalue weighted by Crippen LogP contribution is -2.52. The number of carbonyl (C=O) groups is 2.